The topological polar surface area (TPSA) is 62.1 Å². The molecule has 0 radical (unpaired) electrons. The summed E-state index contributed by atoms with van der Waals surface area (Å²) in [4.78, 5) is 18.4. The van der Waals surface area contributed by atoms with E-state index in [0.717, 1.165) is 18.6 Å². The normalized spacial score (nSPS) is 19.6. The Morgan fingerprint density at radius 1 is 1.32 bits per heavy atom. The maximum atomic E-state index is 13.0. The van der Waals surface area contributed by atoms with E-state index >= 15 is 0 Å². The summed E-state index contributed by atoms with van der Waals surface area (Å²) in [6.07, 6.45) is -2.06. The minimum atomic E-state index is -4.67. The summed E-state index contributed by atoms with van der Waals surface area (Å²) in [5.74, 6) is -0.838. The molecule has 0 bridgehead atoms. The molecular weight excluding hydrogens is 373 g/mol. The van der Waals surface area contributed by atoms with Gasteiger partial charge >= 0.3 is 12.3 Å². The lowest BCUT2D eigenvalue weighted by atomic mass is 10.1. The van der Waals surface area contributed by atoms with Gasteiger partial charge in [-0.2, -0.15) is 13.2 Å². The molecule has 2 aliphatic rings. The van der Waals surface area contributed by atoms with E-state index in [9.17, 15) is 23.1 Å². The third kappa shape index (κ3) is 4.22. The Morgan fingerprint density at radius 2 is 2.04 bits per heavy atom. The Morgan fingerprint density at radius 3 is 2.68 bits per heavy atom. The molecule has 8 heteroatoms. The zero-order valence-electron chi connectivity index (χ0n) is 15.8. The molecule has 5 nitrogen and oxygen atoms in total. The van der Waals surface area contributed by atoms with Crippen molar-refractivity contribution in [3.05, 3.63) is 41.1 Å². The number of carbonyl (C=O) groups excluding carboxylic acids is 1. The molecule has 0 saturated carbocycles. The van der Waals surface area contributed by atoms with Crippen molar-refractivity contribution in [3.8, 4) is 5.75 Å². The number of carbonyl (C=O) groups is 1. The average molecular weight is 394 g/mol. The number of phenolic OH excluding ortho intramolecular Hbond substituents is 1. The zero-order valence-corrected chi connectivity index (χ0v) is 15.8. The van der Waals surface area contributed by atoms with Gasteiger partial charge in [0.15, 0.2) is 0 Å². The number of ether oxygens (including phenoxy) is 1. The minimum Gasteiger partial charge on any atom is -0.507 e. The third-order valence-corrected chi connectivity index (χ3v) is 4.40. The van der Waals surface area contributed by atoms with Gasteiger partial charge in [-0.25, -0.2) is 9.79 Å². The first-order valence-electron chi connectivity index (χ1n) is 8.91. The van der Waals surface area contributed by atoms with Gasteiger partial charge in [0, 0.05) is 18.2 Å². The summed E-state index contributed by atoms with van der Waals surface area (Å²) in [5.41, 5.74) is 2.10. The van der Waals surface area contributed by atoms with Crippen LogP contribution in [0.3, 0.4) is 0 Å². The van der Waals surface area contributed by atoms with Crippen LogP contribution in [0.2, 0.25) is 0 Å². The highest BCUT2D eigenvalue weighted by Gasteiger charge is 2.36. The van der Waals surface area contributed by atoms with E-state index in [4.69, 9.17) is 4.74 Å². The van der Waals surface area contributed by atoms with Crippen LogP contribution in [0.1, 0.15) is 44.7 Å². The monoisotopic (exact) mass is 394 g/mol. The number of rotatable bonds is 2. The first kappa shape index (κ1) is 20.0. The Kier molecular flexibility index (Phi) is 5.02. The molecule has 3 rings (SSSR count). The fourth-order valence-corrected chi connectivity index (χ4v) is 3.18. The number of hydrogen-bond donors (Lipinski definition) is 1. The van der Waals surface area contributed by atoms with Crippen molar-refractivity contribution < 1.29 is 27.8 Å². The molecule has 0 unspecified atom stereocenters. The number of phenols is 1. The predicted octanol–water partition coefficient (Wildman–Crippen LogP) is 4.76. The van der Waals surface area contributed by atoms with Crippen molar-refractivity contribution >= 4 is 17.5 Å². The number of aliphatic imine (C=N–C) groups is 1. The zero-order chi connectivity index (χ0) is 20.7. The van der Waals surface area contributed by atoms with Gasteiger partial charge in [0.25, 0.3) is 0 Å². The van der Waals surface area contributed by atoms with Crippen molar-refractivity contribution in [2.45, 2.75) is 51.4 Å². The van der Waals surface area contributed by atoms with Crippen molar-refractivity contribution in [2.75, 3.05) is 6.54 Å². The molecule has 0 aliphatic carbocycles. The Labute approximate surface area is 160 Å². The highest BCUT2D eigenvalue weighted by Crippen LogP contribution is 2.37. The SMILES string of the molecule is CC(C)(C)OC(=O)N1CCC[C@H]1C1=NC(c2ccc(O)c(C(F)(F)F)c2)=C=C1. The smallest absolute Gasteiger partial charge is 0.419 e. The molecule has 0 spiro atoms. The van der Waals surface area contributed by atoms with Crippen LogP contribution >= 0.6 is 0 Å². The first-order valence-corrected chi connectivity index (χ1v) is 8.91. The van der Waals surface area contributed by atoms with Gasteiger partial charge in [0.05, 0.1) is 17.3 Å². The molecule has 1 atom stereocenters. The van der Waals surface area contributed by atoms with Gasteiger partial charge in [-0.15, -0.1) is 0 Å². The third-order valence-electron chi connectivity index (χ3n) is 4.40. The molecule has 2 aliphatic heterocycles. The number of amides is 1. The summed E-state index contributed by atoms with van der Waals surface area (Å²) < 4.78 is 44.5. The highest BCUT2D eigenvalue weighted by atomic mass is 19.4. The summed E-state index contributed by atoms with van der Waals surface area (Å²) in [5, 5.41) is 9.48. The lowest BCUT2D eigenvalue weighted by molar-refractivity contribution is -0.138. The molecule has 0 aromatic heterocycles. The quantitative estimate of drug-likeness (QED) is 0.736. The van der Waals surface area contributed by atoms with E-state index in [1.165, 1.54) is 6.07 Å². The summed E-state index contributed by atoms with van der Waals surface area (Å²) >= 11 is 0. The van der Waals surface area contributed by atoms with E-state index in [-0.39, 0.29) is 17.3 Å². The maximum Gasteiger partial charge on any atom is 0.419 e. The second-order valence-electron chi connectivity index (χ2n) is 7.74. The molecule has 28 heavy (non-hydrogen) atoms. The fourth-order valence-electron chi connectivity index (χ4n) is 3.18. The van der Waals surface area contributed by atoms with Gasteiger partial charge in [0.1, 0.15) is 17.0 Å². The van der Waals surface area contributed by atoms with Gasteiger partial charge in [0.2, 0.25) is 0 Å². The van der Waals surface area contributed by atoms with Crippen LogP contribution in [0, 0.1) is 0 Å². The van der Waals surface area contributed by atoms with Crippen LogP contribution in [0.25, 0.3) is 5.70 Å². The molecule has 1 aromatic carbocycles. The molecule has 2 heterocycles. The van der Waals surface area contributed by atoms with Crippen molar-refractivity contribution in [1.29, 1.82) is 0 Å². The predicted molar refractivity (Wildman–Crippen MR) is 98.0 cm³/mol. The van der Waals surface area contributed by atoms with Gasteiger partial charge in [-0.05, 0) is 51.8 Å². The molecule has 1 saturated heterocycles. The number of likely N-dealkylation sites (tertiary alicyclic amines) is 1. The van der Waals surface area contributed by atoms with E-state index in [1.807, 2.05) is 0 Å². The highest BCUT2D eigenvalue weighted by molar-refractivity contribution is 6.06. The largest absolute Gasteiger partial charge is 0.507 e. The maximum absolute atomic E-state index is 13.0. The van der Waals surface area contributed by atoms with Crippen LogP contribution in [-0.4, -0.2) is 40.0 Å². The molecule has 1 amide bonds. The second kappa shape index (κ2) is 7.02. The number of halogens is 3. The standard InChI is InChI=1S/C20H21F3N2O3/c1-19(2,3)28-18(27)25-10-4-5-16(25)15-8-7-14(24-15)12-6-9-17(26)13(11-12)20(21,22)23/h6,8-9,11,16,26H,4-5,10H2,1-3H3/t16-/m0/s1. The van der Waals surface area contributed by atoms with E-state index in [2.05, 4.69) is 10.7 Å². The van der Waals surface area contributed by atoms with Crippen molar-refractivity contribution in [1.82, 2.24) is 4.90 Å². The first-order chi connectivity index (χ1) is 13.0. The summed E-state index contributed by atoms with van der Waals surface area (Å²) in [6, 6.07) is 2.88. The van der Waals surface area contributed by atoms with Crippen molar-refractivity contribution in [2.24, 2.45) is 4.99 Å². The number of hydrogen-bond acceptors (Lipinski definition) is 4. The number of alkyl halides is 3. The second-order valence-corrected chi connectivity index (χ2v) is 7.74. The fraction of sp³-hybridized carbons (Fsp3) is 0.450. The lowest BCUT2D eigenvalue weighted by Crippen LogP contribution is -2.42. The van der Waals surface area contributed by atoms with Crippen LogP contribution in [0.15, 0.2) is 35.0 Å². The van der Waals surface area contributed by atoms with Gasteiger partial charge in [-0.1, -0.05) is 5.73 Å². The average Bonchev–Trinajstić information content (AvgIpc) is 3.21. The number of benzene rings is 1. The number of aromatic hydroxyl groups is 1. The van der Waals surface area contributed by atoms with E-state index in [0.29, 0.717) is 18.7 Å². The van der Waals surface area contributed by atoms with Crippen LogP contribution < -0.4 is 0 Å². The summed E-state index contributed by atoms with van der Waals surface area (Å²) in [6.45, 7) is 5.88. The van der Waals surface area contributed by atoms with Crippen molar-refractivity contribution in [3.63, 3.8) is 0 Å². The van der Waals surface area contributed by atoms with Crippen LogP contribution in [0.5, 0.6) is 5.75 Å². The Balaban J connectivity index is 1.82. The molecule has 1 aromatic rings. The Bertz CT molecular complexity index is 891. The van der Waals surface area contributed by atoms with E-state index < -0.39 is 29.2 Å². The summed E-state index contributed by atoms with van der Waals surface area (Å²) in [7, 11) is 0. The molecule has 1 N–H and O–H groups in total. The van der Waals surface area contributed by atoms with Gasteiger partial charge in [-0.3, -0.25) is 4.90 Å². The van der Waals surface area contributed by atoms with Gasteiger partial charge < -0.3 is 9.84 Å². The molecular formula is C20H21F3N2O3. The molecule has 1 fully saturated rings. The minimum absolute atomic E-state index is 0.193. The van der Waals surface area contributed by atoms with Crippen LogP contribution in [0.4, 0.5) is 18.0 Å². The number of nitrogens with zero attached hydrogens (tertiary/aromatic N) is 2. The van der Waals surface area contributed by atoms with E-state index in [1.54, 1.807) is 31.7 Å². The lowest BCUT2D eigenvalue weighted by Gasteiger charge is -2.28. The molecule has 150 valence electrons. The Hall–Kier alpha value is -2.73. The van der Waals surface area contributed by atoms with Crippen LogP contribution in [-0.2, 0) is 10.9 Å².